The largest absolute Gasteiger partial charge is 0.508 e. The van der Waals surface area contributed by atoms with Gasteiger partial charge in [-0.1, -0.05) is 62.9 Å². The number of amides is 3. The van der Waals surface area contributed by atoms with E-state index < -0.39 is 29.7 Å². The molecular formula is C38H51N3O6. The maximum atomic E-state index is 14.8. The SMILES string of the molecule is CCCCCCCN(C(=O)C(Cc1ccc(O)cc1)NC(=O)OC(C)(C)C)C(C(=O)Nc1ccc(OC)cc1)c1c(C)cccc1C. The number of unbranched alkanes of at least 4 members (excludes halogenated alkanes) is 4. The van der Waals surface area contributed by atoms with Crippen molar-refractivity contribution >= 4 is 23.6 Å². The van der Waals surface area contributed by atoms with Crippen LogP contribution in [0.25, 0.3) is 0 Å². The second-order valence-electron chi connectivity index (χ2n) is 12.9. The van der Waals surface area contributed by atoms with E-state index in [-0.39, 0.29) is 18.1 Å². The van der Waals surface area contributed by atoms with E-state index in [1.807, 2.05) is 32.0 Å². The van der Waals surface area contributed by atoms with Gasteiger partial charge in [0, 0.05) is 18.7 Å². The molecule has 3 aromatic carbocycles. The van der Waals surface area contributed by atoms with Crippen LogP contribution in [-0.4, -0.2) is 53.2 Å². The van der Waals surface area contributed by atoms with Crippen LogP contribution in [0.4, 0.5) is 10.5 Å². The smallest absolute Gasteiger partial charge is 0.408 e. The van der Waals surface area contributed by atoms with Gasteiger partial charge in [-0.15, -0.1) is 0 Å². The van der Waals surface area contributed by atoms with Crippen molar-refractivity contribution in [3.8, 4) is 11.5 Å². The summed E-state index contributed by atoms with van der Waals surface area (Å²) in [6.45, 7) is 11.6. The molecule has 9 nitrogen and oxygen atoms in total. The fourth-order valence-electron chi connectivity index (χ4n) is 5.54. The molecule has 3 aromatic rings. The first-order chi connectivity index (χ1) is 22.3. The van der Waals surface area contributed by atoms with Gasteiger partial charge in [0.2, 0.25) is 5.91 Å². The molecule has 9 heteroatoms. The molecule has 3 amide bonds. The van der Waals surface area contributed by atoms with Gasteiger partial charge in [-0.25, -0.2) is 4.79 Å². The molecule has 0 spiro atoms. The van der Waals surface area contributed by atoms with Gasteiger partial charge in [0.15, 0.2) is 0 Å². The van der Waals surface area contributed by atoms with Crippen molar-refractivity contribution in [2.45, 2.75) is 97.8 Å². The number of carbonyl (C=O) groups is 3. The summed E-state index contributed by atoms with van der Waals surface area (Å²) in [6.07, 6.45) is 4.13. The molecule has 3 N–H and O–H groups in total. The molecule has 0 saturated carbocycles. The summed E-state index contributed by atoms with van der Waals surface area (Å²) in [5.41, 5.74) is 2.99. The second kappa shape index (κ2) is 17.4. The number of ether oxygens (including phenoxy) is 2. The molecule has 0 aliphatic carbocycles. The first-order valence-corrected chi connectivity index (χ1v) is 16.4. The number of phenols is 1. The van der Waals surface area contributed by atoms with E-state index in [0.29, 0.717) is 24.4 Å². The van der Waals surface area contributed by atoms with E-state index in [4.69, 9.17) is 9.47 Å². The molecule has 0 radical (unpaired) electrons. The van der Waals surface area contributed by atoms with Crippen molar-refractivity contribution < 1.29 is 29.0 Å². The van der Waals surface area contributed by atoms with E-state index in [2.05, 4.69) is 17.6 Å². The number of methoxy groups -OCH3 is 1. The number of nitrogens with zero attached hydrogens (tertiary/aromatic N) is 1. The summed E-state index contributed by atoms with van der Waals surface area (Å²) >= 11 is 0. The zero-order valence-electron chi connectivity index (χ0n) is 28.9. The van der Waals surface area contributed by atoms with Crippen LogP contribution in [0.15, 0.2) is 66.7 Å². The van der Waals surface area contributed by atoms with Crippen LogP contribution >= 0.6 is 0 Å². The Labute approximate surface area is 279 Å². The molecule has 0 heterocycles. The third kappa shape index (κ3) is 11.3. The molecule has 254 valence electrons. The molecule has 0 aromatic heterocycles. The predicted octanol–water partition coefficient (Wildman–Crippen LogP) is 7.63. The van der Waals surface area contributed by atoms with Crippen molar-refractivity contribution in [2.75, 3.05) is 19.0 Å². The second-order valence-corrected chi connectivity index (χ2v) is 12.9. The monoisotopic (exact) mass is 645 g/mol. The Morgan fingerprint density at radius 1 is 0.872 bits per heavy atom. The normalized spacial score (nSPS) is 12.5. The van der Waals surface area contributed by atoms with E-state index in [0.717, 1.165) is 47.9 Å². The van der Waals surface area contributed by atoms with Crippen LogP contribution in [0.2, 0.25) is 0 Å². The number of hydrogen-bond acceptors (Lipinski definition) is 6. The Kier molecular flexibility index (Phi) is 13.7. The minimum Gasteiger partial charge on any atom is -0.508 e. The van der Waals surface area contributed by atoms with Gasteiger partial charge < -0.3 is 30.1 Å². The number of alkyl carbamates (subject to hydrolysis) is 1. The molecule has 0 aliphatic heterocycles. The minimum absolute atomic E-state index is 0.0933. The van der Waals surface area contributed by atoms with Crippen LogP contribution in [0, 0.1) is 13.8 Å². The number of phenolic OH excluding ortho intramolecular Hbond substituents is 1. The average molecular weight is 646 g/mol. The lowest BCUT2D eigenvalue weighted by atomic mass is 9.92. The van der Waals surface area contributed by atoms with Gasteiger partial charge in [-0.2, -0.15) is 0 Å². The van der Waals surface area contributed by atoms with Gasteiger partial charge in [0.1, 0.15) is 29.2 Å². The average Bonchev–Trinajstić information content (AvgIpc) is 3.01. The third-order valence-corrected chi connectivity index (χ3v) is 7.88. The molecule has 0 bridgehead atoms. The fraction of sp³-hybridized carbons (Fsp3) is 0.447. The molecule has 0 aliphatic rings. The maximum Gasteiger partial charge on any atom is 0.408 e. The summed E-state index contributed by atoms with van der Waals surface area (Å²) in [4.78, 5) is 44.0. The van der Waals surface area contributed by atoms with Crippen molar-refractivity contribution in [1.29, 1.82) is 0 Å². The highest BCUT2D eigenvalue weighted by molar-refractivity contribution is 5.99. The van der Waals surface area contributed by atoms with Gasteiger partial charge in [0.05, 0.1) is 7.11 Å². The Hall–Kier alpha value is -4.53. The lowest BCUT2D eigenvalue weighted by Crippen LogP contribution is -2.53. The van der Waals surface area contributed by atoms with Crippen molar-refractivity contribution in [3.63, 3.8) is 0 Å². The Morgan fingerprint density at radius 3 is 2.06 bits per heavy atom. The van der Waals surface area contributed by atoms with Crippen LogP contribution < -0.4 is 15.4 Å². The number of carbonyl (C=O) groups excluding carboxylic acids is 3. The third-order valence-electron chi connectivity index (χ3n) is 7.88. The molecule has 2 unspecified atom stereocenters. The molecule has 47 heavy (non-hydrogen) atoms. The van der Waals surface area contributed by atoms with Gasteiger partial charge >= 0.3 is 6.09 Å². The van der Waals surface area contributed by atoms with Gasteiger partial charge in [0.25, 0.3) is 5.91 Å². The molecule has 2 atom stereocenters. The maximum absolute atomic E-state index is 14.8. The van der Waals surface area contributed by atoms with Gasteiger partial charge in [-0.3, -0.25) is 9.59 Å². The molecular weight excluding hydrogens is 594 g/mol. The number of hydrogen-bond donors (Lipinski definition) is 3. The highest BCUT2D eigenvalue weighted by atomic mass is 16.6. The minimum atomic E-state index is -1.05. The predicted molar refractivity (Wildman–Crippen MR) is 186 cm³/mol. The quantitative estimate of drug-likeness (QED) is 0.146. The van der Waals surface area contributed by atoms with Crippen molar-refractivity contribution in [1.82, 2.24) is 10.2 Å². The van der Waals surface area contributed by atoms with E-state index in [1.54, 1.807) is 69.2 Å². The topological polar surface area (TPSA) is 117 Å². The highest BCUT2D eigenvalue weighted by Gasteiger charge is 2.37. The van der Waals surface area contributed by atoms with E-state index in [9.17, 15) is 19.5 Å². The summed E-state index contributed by atoms with van der Waals surface area (Å²) in [7, 11) is 1.58. The van der Waals surface area contributed by atoms with Gasteiger partial charge in [-0.05, 0) is 99.7 Å². The summed E-state index contributed by atoms with van der Waals surface area (Å²) in [5.74, 6) is -0.0220. The standard InChI is InChI=1S/C38H51N3O6/c1-8-9-10-11-12-24-41(36(44)32(40-37(45)47-38(4,5)6)25-28-16-20-30(42)21-17-28)34(33-26(2)14-13-15-27(33)3)35(43)39-29-18-22-31(46-7)23-19-29/h13-23,32,34,42H,8-12,24-25H2,1-7H3,(H,39,43)(H,40,45). The zero-order valence-corrected chi connectivity index (χ0v) is 28.9. The molecule has 3 rings (SSSR count). The number of rotatable bonds is 15. The summed E-state index contributed by atoms with van der Waals surface area (Å²) in [6, 6.07) is 17.3. The molecule has 0 fully saturated rings. The number of nitrogens with one attached hydrogen (secondary N) is 2. The highest BCUT2D eigenvalue weighted by Crippen LogP contribution is 2.31. The van der Waals surface area contributed by atoms with Crippen LogP contribution in [0.3, 0.4) is 0 Å². The van der Waals surface area contributed by atoms with E-state index >= 15 is 0 Å². The number of anilines is 1. The lowest BCUT2D eigenvalue weighted by Gasteiger charge is -2.36. The Morgan fingerprint density at radius 2 is 1.49 bits per heavy atom. The van der Waals surface area contributed by atoms with Crippen molar-refractivity contribution in [2.24, 2.45) is 0 Å². The van der Waals surface area contributed by atoms with Crippen LogP contribution in [0.5, 0.6) is 11.5 Å². The Bertz CT molecular complexity index is 1440. The van der Waals surface area contributed by atoms with Crippen LogP contribution in [-0.2, 0) is 20.7 Å². The van der Waals surface area contributed by atoms with Crippen LogP contribution in [0.1, 0.15) is 88.1 Å². The zero-order chi connectivity index (χ0) is 34.6. The Balaban J connectivity index is 2.11. The number of benzene rings is 3. The summed E-state index contributed by atoms with van der Waals surface area (Å²) < 4.78 is 10.8. The molecule has 0 saturated heterocycles. The van der Waals surface area contributed by atoms with E-state index in [1.165, 1.54) is 12.1 Å². The van der Waals surface area contributed by atoms with Crippen molar-refractivity contribution in [3.05, 3.63) is 89.0 Å². The fourth-order valence-corrected chi connectivity index (χ4v) is 5.54. The summed E-state index contributed by atoms with van der Waals surface area (Å²) in [5, 5.41) is 15.7. The lowest BCUT2D eigenvalue weighted by molar-refractivity contribution is -0.141. The first-order valence-electron chi connectivity index (χ1n) is 16.4. The number of aryl methyl sites for hydroxylation is 2. The number of aromatic hydroxyl groups is 1. The first kappa shape index (κ1) is 36.9.